The van der Waals surface area contributed by atoms with Crippen molar-refractivity contribution < 1.29 is 14.3 Å². The Morgan fingerprint density at radius 2 is 1.61 bits per heavy atom. The van der Waals surface area contributed by atoms with Gasteiger partial charge in [0.2, 0.25) is 0 Å². The van der Waals surface area contributed by atoms with Crippen molar-refractivity contribution in [2.75, 3.05) is 5.73 Å². The molecule has 0 aliphatic heterocycles. The molecule has 160 valence electrons. The van der Waals surface area contributed by atoms with Crippen LogP contribution in [0.4, 0.5) is 5.69 Å². The summed E-state index contributed by atoms with van der Waals surface area (Å²) in [5.41, 5.74) is 11.0. The van der Waals surface area contributed by atoms with Gasteiger partial charge < -0.3 is 15.8 Å². The van der Waals surface area contributed by atoms with Crippen LogP contribution < -0.4 is 11.1 Å². The number of nitrogens with two attached hydrogens (primary N) is 1. The van der Waals surface area contributed by atoms with Crippen LogP contribution in [-0.2, 0) is 16.1 Å². The second-order valence-corrected chi connectivity index (χ2v) is 7.99. The monoisotopic (exact) mass is 416 g/mol. The molecule has 0 unspecified atom stereocenters. The van der Waals surface area contributed by atoms with Crippen molar-refractivity contribution in [3.05, 3.63) is 89.5 Å². The zero-order chi connectivity index (χ0) is 22.4. The van der Waals surface area contributed by atoms with Crippen LogP contribution in [0.3, 0.4) is 0 Å². The molecule has 0 aliphatic carbocycles. The van der Waals surface area contributed by atoms with Crippen LogP contribution in [0.1, 0.15) is 35.3 Å². The van der Waals surface area contributed by atoms with E-state index >= 15 is 0 Å². The summed E-state index contributed by atoms with van der Waals surface area (Å²) in [6.07, 6.45) is 0. The molecule has 1 atom stereocenters. The maximum absolute atomic E-state index is 12.7. The molecule has 0 heterocycles. The van der Waals surface area contributed by atoms with Gasteiger partial charge in [-0.3, -0.25) is 4.79 Å². The van der Waals surface area contributed by atoms with Gasteiger partial charge in [0.25, 0.3) is 5.91 Å². The number of aryl methyl sites for hydroxylation is 1. The number of anilines is 1. The van der Waals surface area contributed by atoms with Gasteiger partial charge in [0.05, 0.1) is 0 Å². The quantitative estimate of drug-likeness (QED) is 0.430. The number of nitrogen functional groups attached to an aromatic ring is 1. The van der Waals surface area contributed by atoms with Crippen molar-refractivity contribution in [3.63, 3.8) is 0 Å². The zero-order valence-corrected chi connectivity index (χ0v) is 18.1. The van der Waals surface area contributed by atoms with Gasteiger partial charge in [-0.25, -0.2) is 4.79 Å². The molecule has 3 N–H and O–H groups in total. The van der Waals surface area contributed by atoms with Gasteiger partial charge in [0, 0.05) is 11.3 Å². The van der Waals surface area contributed by atoms with E-state index in [4.69, 9.17) is 10.5 Å². The Labute approximate surface area is 183 Å². The molecule has 0 aromatic heterocycles. The first-order valence-electron chi connectivity index (χ1n) is 10.3. The molecule has 5 nitrogen and oxygen atoms in total. The van der Waals surface area contributed by atoms with E-state index in [1.165, 1.54) is 0 Å². The largest absolute Gasteiger partial charge is 0.459 e. The van der Waals surface area contributed by atoms with Crippen molar-refractivity contribution in [1.29, 1.82) is 0 Å². The summed E-state index contributed by atoms with van der Waals surface area (Å²) in [6.45, 7) is 5.93. The molecule has 31 heavy (non-hydrogen) atoms. The number of carbonyl (C=O) groups is 2. The fourth-order valence-electron chi connectivity index (χ4n) is 3.18. The molecule has 0 saturated heterocycles. The third kappa shape index (κ3) is 5.95. The summed E-state index contributed by atoms with van der Waals surface area (Å²) in [5.74, 6) is -0.869. The lowest BCUT2D eigenvalue weighted by molar-refractivity contribution is -0.148. The predicted octanol–water partition coefficient (Wildman–Crippen LogP) is 4.74. The summed E-state index contributed by atoms with van der Waals surface area (Å²) < 4.78 is 5.45. The molecule has 0 spiro atoms. The minimum Gasteiger partial charge on any atom is -0.459 e. The van der Waals surface area contributed by atoms with Crippen molar-refractivity contribution in [1.82, 2.24) is 5.32 Å². The molecule has 3 aromatic carbocycles. The van der Waals surface area contributed by atoms with E-state index in [2.05, 4.69) is 5.32 Å². The van der Waals surface area contributed by atoms with Gasteiger partial charge in [-0.1, -0.05) is 67.9 Å². The fraction of sp³-hybridized carbons (Fsp3) is 0.231. The maximum Gasteiger partial charge on any atom is 0.329 e. The first kappa shape index (κ1) is 22.1. The van der Waals surface area contributed by atoms with Crippen molar-refractivity contribution >= 4 is 17.6 Å². The van der Waals surface area contributed by atoms with Gasteiger partial charge in [-0.05, 0) is 53.8 Å². The summed E-state index contributed by atoms with van der Waals surface area (Å²) in [4.78, 5) is 25.4. The summed E-state index contributed by atoms with van der Waals surface area (Å²) in [5, 5.41) is 2.81. The topological polar surface area (TPSA) is 81.4 Å². The number of hydrogen-bond acceptors (Lipinski definition) is 4. The molecular formula is C26H28N2O3. The van der Waals surface area contributed by atoms with E-state index in [0.29, 0.717) is 11.3 Å². The molecule has 1 amide bonds. The number of rotatable bonds is 7. The summed E-state index contributed by atoms with van der Waals surface area (Å²) >= 11 is 0. The van der Waals surface area contributed by atoms with E-state index in [9.17, 15) is 9.59 Å². The second-order valence-electron chi connectivity index (χ2n) is 7.99. The molecule has 5 heteroatoms. The highest BCUT2D eigenvalue weighted by Gasteiger charge is 2.26. The van der Waals surface area contributed by atoms with Gasteiger partial charge in [0.15, 0.2) is 0 Å². The lowest BCUT2D eigenvalue weighted by Gasteiger charge is -2.21. The summed E-state index contributed by atoms with van der Waals surface area (Å²) in [7, 11) is 0. The third-order valence-electron chi connectivity index (χ3n) is 5.08. The smallest absolute Gasteiger partial charge is 0.329 e. The molecule has 0 radical (unpaired) electrons. The highest BCUT2D eigenvalue weighted by molar-refractivity contribution is 5.97. The second kappa shape index (κ2) is 9.94. The highest BCUT2D eigenvalue weighted by Crippen LogP contribution is 2.22. The minimum absolute atomic E-state index is 0.110. The number of hydrogen-bond donors (Lipinski definition) is 2. The van der Waals surface area contributed by atoms with Crippen LogP contribution in [0.5, 0.6) is 0 Å². The lowest BCUT2D eigenvalue weighted by Crippen LogP contribution is -2.45. The van der Waals surface area contributed by atoms with Crippen molar-refractivity contribution in [3.8, 4) is 11.1 Å². The number of amides is 1. The molecule has 0 fully saturated rings. The normalized spacial score (nSPS) is 11.7. The first-order valence-corrected chi connectivity index (χ1v) is 10.3. The van der Waals surface area contributed by atoms with Crippen LogP contribution in [0.25, 0.3) is 11.1 Å². The van der Waals surface area contributed by atoms with Gasteiger partial charge in [0.1, 0.15) is 12.6 Å². The van der Waals surface area contributed by atoms with Crippen LogP contribution in [0.15, 0.2) is 72.8 Å². The Hall–Kier alpha value is -3.60. The fourth-order valence-corrected chi connectivity index (χ4v) is 3.18. The minimum atomic E-state index is -0.730. The van der Waals surface area contributed by atoms with Gasteiger partial charge in [-0.2, -0.15) is 0 Å². The molecule has 3 rings (SSSR count). The van der Waals surface area contributed by atoms with E-state index in [1.807, 2.05) is 81.4 Å². The maximum atomic E-state index is 12.7. The Morgan fingerprint density at radius 1 is 0.935 bits per heavy atom. The van der Waals surface area contributed by atoms with Crippen LogP contribution >= 0.6 is 0 Å². The number of nitrogens with one attached hydrogen (secondary N) is 1. The van der Waals surface area contributed by atoms with Crippen molar-refractivity contribution in [2.24, 2.45) is 5.92 Å². The number of benzene rings is 3. The van der Waals surface area contributed by atoms with E-state index in [-0.39, 0.29) is 18.4 Å². The molecule has 0 bridgehead atoms. The Kier molecular flexibility index (Phi) is 7.08. The van der Waals surface area contributed by atoms with Crippen LogP contribution in [-0.4, -0.2) is 17.9 Å². The number of carbonyl (C=O) groups excluding carboxylic acids is 2. The summed E-state index contributed by atoms with van der Waals surface area (Å²) in [6, 6.07) is 21.8. The first-order chi connectivity index (χ1) is 14.8. The van der Waals surface area contributed by atoms with E-state index in [1.54, 1.807) is 12.1 Å². The van der Waals surface area contributed by atoms with Crippen LogP contribution in [0, 0.1) is 12.8 Å². The molecule has 0 saturated carbocycles. The van der Waals surface area contributed by atoms with E-state index < -0.39 is 12.0 Å². The Morgan fingerprint density at radius 3 is 2.23 bits per heavy atom. The van der Waals surface area contributed by atoms with Crippen molar-refractivity contribution in [2.45, 2.75) is 33.4 Å². The highest BCUT2D eigenvalue weighted by atomic mass is 16.5. The number of ether oxygens (including phenoxy) is 1. The van der Waals surface area contributed by atoms with Crippen LogP contribution in [0.2, 0.25) is 0 Å². The molecule has 3 aromatic rings. The standard InChI is InChI=1S/C26H28N2O3/c1-17(2)24(26(30)31-16-19-9-7-18(3)8-10-19)28-25(29)21-13-11-20(12-14-21)22-5-4-6-23(27)15-22/h4-15,17,24H,16,27H2,1-3H3,(H,28,29)/t24-/m0/s1. The average Bonchev–Trinajstić information content (AvgIpc) is 2.76. The zero-order valence-electron chi connectivity index (χ0n) is 18.1. The lowest BCUT2D eigenvalue weighted by atomic mass is 10.0. The Balaban J connectivity index is 1.64. The number of esters is 1. The SMILES string of the molecule is Cc1ccc(COC(=O)[C@@H](NC(=O)c2ccc(-c3cccc(N)c3)cc2)C(C)C)cc1. The van der Waals surface area contributed by atoms with Gasteiger partial charge >= 0.3 is 5.97 Å². The van der Waals surface area contributed by atoms with Gasteiger partial charge in [-0.15, -0.1) is 0 Å². The third-order valence-corrected chi connectivity index (χ3v) is 5.08. The van der Waals surface area contributed by atoms with E-state index in [0.717, 1.165) is 22.3 Å². The Bertz CT molecular complexity index is 1040. The molecule has 0 aliphatic rings. The average molecular weight is 417 g/mol. The molecular weight excluding hydrogens is 388 g/mol. The predicted molar refractivity (Wildman–Crippen MR) is 123 cm³/mol.